The van der Waals surface area contributed by atoms with Crippen LogP contribution in [0.1, 0.15) is 11.3 Å². The fourth-order valence-electron chi connectivity index (χ4n) is 0.960. The number of nitrogens with two attached hydrogens (primary N) is 1. The third kappa shape index (κ3) is 3.08. The van der Waals surface area contributed by atoms with Gasteiger partial charge in [0.2, 0.25) is 0 Å². The molecule has 0 aliphatic rings. The van der Waals surface area contributed by atoms with Gasteiger partial charge in [-0.15, -0.1) is 13.2 Å². The van der Waals surface area contributed by atoms with Crippen LogP contribution in [0.4, 0.5) is 13.2 Å². The number of nitrogens with zero attached hydrogens (tertiary/aromatic N) is 2. The smallest absolute Gasteiger partial charge is 0.403 e. The average Bonchev–Trinajstić information content (AvgIpc) is 2.18. The number of pyridine rings is 1. The Kier molecular flexibility index (Phi) is 3.72. The second-order valence-electron chi connectivity index (χ2n) is 2.65. The number of ether oxygens (including phenoxy) is 1. The highest BCUT2D eigenvalue weighted by atomic mass is 79.9. The summed E-state index contributed by atoms with van der Waals surface area (Å²) in [7, 11) is 0. The first kappa shape index (κ1) is 12.7. The number of halogens is 4. The van der Waals surface area contributed by atoms with E-state index in [1.807, 2.05) is 0 Å². The molecule has 1 rings (SSSR count). The Labute approximate surface area is 97.0 Å². The van der Waals surface area contributed by atoms with E-state index in [9.17, 15) is 13.2 Å². The summed E-state index contributed by atoms with van der Waals surface area (Å²) in [6.45, 7) is -0.0998. The summed E-state index contributed by atoms with van der Waals surface area (Å²) >= 11 is 2.78. The number of aromatic nitrogens is 1. The van der Waals surface area contributed by atoms with E-state index in [-0.39, 0.29) is 22.4 Å². The van der Waals surface area contributed by atoms with Gasteiger partial charge < -0.3 is 10.5 Å². The second kappa shape index (κ2) is 4.67. The first-order chi connectivity index (χ1) is 7.37. The second-order valence-corrected chi connectivity index (χ2v) is 3.40. The zero-order chi connectivity index (χ0) is 12.3. The highest BCUT2D eigenvalue weighted by Crippen LogP contribution is 2.30. The van der Waals surface area contributed by atoms with Crippen LogP contribution in [0.25, 0.3) is 0 Å². The molecule has 0 radical (unpaired) electrons. The van der Waals surface area contributed by atoms with Crippen molar-refractivity contribution in [1.82, 2.24) is 4.98 Å². The summed E-state index contributed by atoms with van der Waals surface area (Å²) in [5, 5.41) is 8.65. The van der Waals surface area contributed by atoms with Crippen molar-refractivity contribution >= 4 is 15.9 Å². The normalized spacial score (nSPS) is 11.0. The van der Waals surface area contributed by atoms with Crippen molar-refractivity contribution in [3.63, 3.8) is 0 Å². The molecule has 2 N–H and O–H groups in total. The van der Waals surface area contributed by atoms with E-state index in [2.05, 4.69) is 25.7 Å². The summed E-state index contributed by atoms with van der Waals surface area (Å²) in [5.74, 6) is -0.521. The van der Waals surface area contributed by atoms with E-state index < -0.39 is 12.1 Å². The lowest BCUT2D eigenvalue weighted by atomic mass is 10.2. The molecule has 16 heavy (non-hydrogen) atoms. The molecule has 0 aliphatic carbocycles. The zero-order valence-corrected chi connectivity index (χ0v) is 9.26. The van der Waals surface area contributed by atoms with E-state index in [0.717, 1.165) is 6.07 Å². The van der Waals surface area contributed by atoms with Crippen molar-refractivity contribution < 1.29 is 17.9 Å². The topological polar surface area (TPSA) is 71.9 Å². The van der Waals surface area contributed by atoms with Gasteiger partial charge in [0.15, 0.2) is 5.75 Å². The molecule has 4 nitrogen and oxygen atoms in total. The third-order valence-electron chi connectivity index (χ3n) is 1.57. The fourth-order valence-corrected chi connectivity index (χ4v) is 1.33. The molecule has 0 bridgehead atoms. The van der Waals surface area contributed by atoms with Crippen LogP contribution in [0.2, 0.25) is 0 Å². The molecule has 1 aromatic rings. The SMILES string of the molecule is N#Cc1nc(Br)c(OC(F)(F)F)cc1CN. The molecule has 0 atom stereocenters. The maximum atomic E-state index is 12.0. The largest absolute Gasteiger partial charge is 0.573 e. The maximum Gasteiger partial charge on any atom is 0.573 e. The van der Waals surface area contributed by atoms with E-state index >= 15 is 0 Å². The molecule has 0 unspecified atom stereocenters. The first-order valence-electron chi connectivity index (χ1n) is 3.92. The molecule has 1 aromatic heterocycles. The Morgan fingerprint density at radius 3 is 2.62 bits per heavy atom. The molecule has 0 saturated carbocycles. The van der Waals surface area contributed by atoms with Crippen LogP contribution in [0.5, 0.6) is 5.75 Å². The highest BCUT2D eigenvalue weighted by Gasteiger charge is 2.32. The lowest BCUT2D eigenvalue weighted by Gasteiger charge is -2.11. The molecule has 0 aliphatic heterocycles. The number of nitriles is 1. The van der Waals surface area contributed by atoms with Crippen LogP contribution < -0.4 is 10.5 Å². The number of hydrogen-bond donors (Lipinski definition) is 1. The maximum absolute atomic E-state index is 12.0. The molecular formula is C8H5BrF3N3O. The monoisotopic (exact) mass is 295 g/mol. The summed E-state index contributed by atoms with van der Waals surface area (Å²) in [6.07, 6.45) is -4.82. The minimum atomic E-state index is -4.82. The van der Waals surface area contributed by atoms with Gasteiger partial charge in [-0.1, -0.05) is 0 Å². The van der Waals surface area contributed by atoms with Crippen molar-refractivity contribution in [3.8, 4) is 11.8 Å². The van der Waals surface area contributed by atoms with Gasteiger partial charge >= 0.3 is 6.36 Å². The van der Waals surface area contributed by atoms with Crippen LogP contribution >= 0.6 is 15.9 Å². The lowest BCUT2D eigenvalue weighted by Crippen LogP contribution is -2.18. The van der Waals surface area contributed by atoms with Gasteiger partial charge in [-0.05, 0) is 22.0 Å². The van der Waals surface area contributed by atoms with Crippen molar-refractivity contribution in [2.45, 2.75) is 12.9 Å². The van der Waals surface area contributed by atoms with E-state index in [1.165, 1.54) is 0 Å². The first-order valence-corrected chi connectivity index (χ1v) is 4.72. The Morgan fingerprint density at radius 2 is 2.19 bits per heavy atom. The molecular weight excluding hydrogens is 291 g/mol. The minimum absolute atomic E-state index is 0.0381. The van der Waals surface area contributed by atoms with Gasteiger partial charge in [0.25, 0.3) is 0 Å². The average molecular weight is 296 g/mol. The van der Waals surface area contributed by atoms with Crippen LogP contribution in [-0.2, 0) is 6.54 Å². The molecule has 1 heterocycles. The zero-order valence-electron chi connectivity index (χ0n) is 7.68. The van der Waals surface area contributed by atoms with Gasteiger partial charge in [0, 0.05) is 12.1 Å². The van der Waals surface area contributed by atoms with Gasteiger partial charge in [-0.25, -0.2) is 4.98 Å². The van der Waals surface area contributed by atoms with Crippen LogP contribution in [-0.4, -0.2) is 11.3 Å². The van der Waals surface area contributed by atoms with Gasteiger partial charge in [0.1, 0.15) is 16.4 Å². The lowest BCUT2D eigenvalue weighted by molar-refractivity contribution is -0.275. The highest BCUT2D eigenvalue weighted by molar-refractivity contribution is 9.10. The summed E-state index contributed by atoms with van der Waals surface area (Å²) < 4.78 is 39.4. The third-order valence-corrected chi connectivity index (χ3v) is 2.14. The predicted molar refractivity (Wildman–Crippen MR) is 51.2 cm³/mol. The van der Waals surface area contributed by atoms with Crippen molar-refractivity contribution in [2.75, 3.05) is 0 Å². The summed E-state index contributed by atoms with van der Waals surface area (Å²) in [4.78, 5) is 3.60. The van der Waals surface area contributed by atoms with Crippen molar-refractivity contribution in [2.24, 2.45) is 5.73 Å². The Bertz CT molecular complexity index is 441. The molecule has 86 valence electrons. The minimum Gasteiger partial charge on any atom is -0.403 e. The van der Waals surface area contributed by atoms with Crippen LogP contribution in [0, 0.1) is 11.3 Å². The van der Waals surface area contributed by atoms with Crippen molar-refractivity contribution in [3.05, 3.63) is 21.9 Å². The Hall–Kier alpha value is -1.33. The van der Waals surface area contributed by atoms with Crippen LogP contribution in [0.3, 0.4) is 0 Å². The molecule has 0 aromatic carbocycles. The molecule has 8 heteroatoms. The standard InChI is InChI=1S/C8H5BrF3N3O/c9-7-6(16-8(10,11)12)1-4(2-13)5(3-14)15-7/h1H,2,13H2. The summed E-state index contributed by atoms with van der Waals surface area (Å²) in [6, 6.07) is 2.75. The van der Waals surface area contributed by atoms with Gasteiger partial charge in [0.05, 0.1) is 0 Å². The van der Waals surface area contributed by atoms with E-state index in [0.29, 0.717) is 0 Å². The Balaban J connectivity index is 3.18. The number of rotatable bonds is 2. The molecule has 0 fully saturated rings. The van der Waals surface area contributed by atoms with E-state index in [4.69, 9.17) is 11.0 Å². The molecule has 0 spiro atoms. The van der Waals surface area contributed by atoms with Gasteiger partial charge in [-0.2, -0.15) is 5.26 Å². The van der Waals surface area contributed by atoms with Crippen molar-refractivity contribution in [1.29, 1.82) is 5.26 Å². The predicted octanol–water partition coefficient (Wildman–Crippen LogP) is 2.07. The number of alkyl halides is 3. The Morgan fingerprint density at radius 1 is 1.56 bits per heavy atom. The molecule has 0 amide bonds. The van der Waals surface area contributed by atoms with E-state index in [1.54, 1.807) is 6.07 Å². The number of hydrogen-bond acceptors (Lipinski definition) is 4. The van der Waals surface area contributed by atoms with Crippen LogP contribution in [0.15, 0.2) is 10.7 Å². The van der Waals surface area contributed by atoms with Gasteiger partial charge in [-0.3, -0.25) is 0 Å². The summed E-state index contributed by atoms with van der Waals surface area (Å²) in [5.41, 5.74) is 5.41. The quantitative estimate of drug-likeness (QED) is 0.848. The molecule has 0 saturated heterocycles. The fraction of sp³-hybridized carbons (Fsp3) is 0.250.